The summed E-state index contributed by atoms with van der Waals surface area (Å²) in [6, 6.07) is 15.8. The highest BCUT2D eigenvalue weighted by Gasteiger charge is 2.20. The van der Waals surface area contributed by atoms with Gasteiger partial charge in [-0.05, 0) is 50.1 Å². The average molecular weight is 389 g/mol. The Hall–Kier alpha value is -3.08. The van der Waals surface area contributed by atoms with E-state index in [4.69, 9.17) is 9.72 Å². The van der Waals surface area contributed by atoms with Gasteiger partial charge in [0, 0.05) is 42.9 Å². The van der Waals surface area contributed by atoms with E-state index in [-0.39, 0.29) is 11.9 Å². The third-order valence-electron chi connectivity index (χ3n) is 5.44. The fourth-order valence-electron chi connectivity index (χ4n) is 3.83. The van der Waals surface area contributed by atoms with Crippen molar-refractivity contribution in [1.29, 1.82) is 0 Å². The number of ether oxygens (including phenoxy) is 1. The Bertz CT molecular complexity index is 1000. The van der Waals surface area contributed by atoms with E-state index in [1.165, 1.54) is 12.2 Å². The van der Waals surface area contributed by atoms with Crippen LogP contribution in [0.15, 0.2) is 54.7 Å². The van der Waals surface area contributed by atoms with E-state index < -0.39 is 0 Å². The summed E-state index contributed by atoms with van der Waals surface area (Å²) in [5.41, 5.74) is 3.85. The van der Waals surface area contributed by atoms with Gasteiger partial charge in [-0.2, -0.15) is 0 Å². The summed E-state index contributed by atoms with van der Waals surface area (Å²) in [5, 5.41) is 0. The minimum absolute atomic E-state index is 0.00488. The molecule has 3 aromatic rings. The van der Waals surface area contributed by atoms with Gasteiger partial charge < -0.3 is 14.2 Å². The molecule has 5 nitrogen and oxygen atoms in total. The molecule has 2 heterocycles. The molecular formula is C24H27N3O2. The molecule has 4 rings (SSSR count). The van der Waals surface area contributed by atoms with Crippen LogP contribution >= 0.6 is 0 Å². The number of nitrogens with zero attached hydrogens (tertiary/aromatic N) is 3. The summed E-state index contributed by atoms with van der Waals surface area (Å²) in [5.74, 6) is 1.86. The standard InChI is InChI=1S/C24H27N3O2/c1-17(2)27(24(28)20-9-5-10-21(14-20)29-3)15-18-7-4-8-19(13-18)22-16-26-12-6-11-23(26)25-22/h4-5,7-10,13-14,16-17H,6,11-12,15H2,1-3H3. The Morgan fingerprint density at radius 2 is 2.03 bits per heavy atom. The molecule has 0 spiro atoms. The number of fused-ring (bicyclic) bond motifs is 1. The molecule has 0 fully saturated rings. The number of amides is 1. The molecule has 1 aromatic heterocycles. The monoisotopic (exact) mass is 389 g/mol. The summed E-state index contributed by atoms with van der Waals surface area (Å²) in [7, 11) is 1.61. The number of aromatic nitrogens is 2. The molecule has 29 heavy (non-hydrogen) atoms. The first-order chi connectivity index (χ1) is 14.0. The van der Waals surface area contributed by atoms with Gasteiger partial charge in [0.25, 0.3) is 5.91 Å². The number of imidazole rings is 1. The zero-order chi connectivity index (χ0) is 20.4. The van der Waals surface area contributed by atoms with Crippen molar-refractivity contribution in [1.82, 2.24) is 14.5 Å². The van der Waals surface area contributed by atoms with Crippen molar-refractivity contribution >= 4 is 5.91 Å². The lowest BCUT2D eigenvalue weighted by Crippen LogP contribution is -2.36. The summed E-state index contributed by atoms with van der Waals surface area (Å²) in [6.45, 7) is 5.69. The van der Waals surface area contributed by atoms with Crippen LogP contribution in [0.5, 0.6) is 5.75 Å². The van der Waals surface area contributed by atoms with E-state index in [0.717, 1.165) is 29.8 Å². The first kappa shape index (κ1) is 19.2. The number of carbonyl (C=O) groups excluding carboxylic acids is 1. The number of rotatable bonds is 6. The highest BCUT2D eigenvalue weighted by atomic mass is 16.5. The Labute approximate surface area is 171 Å². The zero-order valence-electron chi connectivity index (χ0n) is 17.3. The third kappa shape index (κ3) is 4.04. The lowest BCUT2D eigenvalue weighted by atomic mass is 10.1. The minimum Gasteiger partial charge on any atom is -0.497 e. The van der Waals surface area contributed by atoms with Gasteiger partial charge in [0.1, 0.15) is 11.6 Å². The van der Waals surface area contributed by atoms with Crippen molar-refractivity contribution in [2.45, 2.75) is 45.8 Å². The number of aryl methyl sites for hydroxylation is 2. The Kier molecular flexibility index (Phi) is 5.38. The van der Waals surface area contributed by atoms with Crippen molar-refractivity contribution in [3.8, 4) is 17.0 Å². The van der Waals surface area contributed by atoms with Crippen molar-refractivity contribution in [3.63, 3.8) is 0 Å². The molecular weight excluding hydrogens is 362 g/mol. The Morgan fingerprint density at radius 3 is 2.79 bits per heavy atom. The maximum atomic E-state index is 13.2. The predicted octanol–water partition coefficient (Wildman–Crippen LogP) is 4.56. The molecule has 1 aliphatic heterocycles. The molecule has 0 aliphatic carbocycles. The molecule has 5 heteroatoms. The van der Waals surface area contributed by atoms with Crippen LogP contribution in [0.4, 0.5) is 0 Å². The zero-order valence-corrected chi connectivity index (χ0v) is 17.3. The molecule has 1 aliphatic rings. The summed E-state index contributed by atoms with van der Waals surface area (Å²) >= 11 is 0. The Morgan fingerprint density at radius 1 is 1.21 bits per heavy atom. The van der Waals surface area contributed by atoms with E-state index >= 15 is 0 Å². The predicted molar refractivity (Wildman–Crippen MR) is 114 cm³/mol. The minimum atomic E-state index is 0.00488. The van der Waals surface area contributed by atoms with Crippen molar-refractivity contribution in [3.05, 3.63) is 71.7 Å². The molecule has 150 valence electrons. The van der Waals surface area contributed by atoms with Gasteiger partial charge in [-0.15, -0.1) is 0 Å². The van der Waals surface area contributed by atoms with Crippen molar-refractivity contribution in [2.24, 2.45) is 0 Å². The maximum Gasteiger partial charge on any atom is 0.254 e. The van der Waals surface area contributed by atoms with Crippen LogP contribution in [0.1, 0.15) is 42.0 Å². The SMILES string of the molecule is COc1cccc(C(=O)N(Cc2cccc(-c3cn4c(n3)CCC4)c2)C(C)C)c1. The summed E-state index contributed by atoms with van der Waals surface area (Å²) in [4.78, 5) is 19.8. The number of hydrogen-bond acceptors (Lipinski definition) is 3. The van der Waals surface area contributed by atoms with E-state index in [0.29, 0.717) is 17.9 Å². The maximum absolute atomic E-state index is 13.2. The molecule has 2 aromatic carbocycles. The van der Waals surface area contributed by atoms with Gasteiger partial charge in [-0.3, -0.25) is 4.79 Å². The fourth-order valence-corrected chi connectivity index (χ4v) is 3.83. The molecule has 0 unspecified atom stereocenters. The van der Waals surface area contributed by atoms with Gasteiger partial charge in [-0.1, -0.05) is 24.3 Å². The average Bonchev–Trinajstić information content (AvgIpc) is 3.34. The Balaban J connectivity index is 1.57. The lowest BCUT2D eigenvalue weighted by molar-refractivity contribution is 0.0690. The van der Waals surface area contributed by atoms with Crippen LogP contribution in [-0.4, -0.2) is 33.5 Å². The topological polar surface area (TPSA) is 47.4 Å². The van der Waals surface area contributed by atoms with Crippen LogP contribution in [0, 0.1) is 0 Å². The fraction of sp³-hybridized carbons (Fsp3) is 0.333. The van der Waals surface area contributed by atoms with Crippen molar-refractivity contribution in [2.75, 3.05) is 7.11 Å². The van der Waals surface area contributed by atoms with Gasteiger partial charge in [0.05, 0.1) is 12.8 Å². The van der Waals surface area contributed by atoms with Crippen LogP contribution in [-0.2, 0) is 19.5 Å². The number of carbonyl (C=O) groups is 1. The second-order valence-electron chi connectivity index (χ2n) is 7.80. The molecule has 0 saturated carbocycles. The second kappa shape index (κ2) is 8.11. The normalized spacial score (nSPS) is 12.8. The number of methoxy groups -OCH3 is 1. The summed E-state index contributed by atoms with van der Waals surface area (Å²) < 4.78 is 7.52. The first-order valence-corrected chi connectivity index (χ1v) is 10.2. The van der Waals surface area contributed by atoms with Gasteiger partial charge in [0.15, 0.2) is 0 Å². The van der Waals surface area contributed by atoms with E-state index in [9.17, 15) is 4.79 Å². The molecule has 0 radical (unpaired) electrons. The first-order valence-electron chi connectivity index (χ1n) is 10.2. The highest BCUT2D eigenvalue weighted by molar-refractivity contribution is 5.94. The van der Waals surface area contributed by atoms with Crippen LogP contribution in [0.2, 0.25) is 0 Å². The highest BCUT2D eigenvalue weighted by Crippen LogP contribution is 2.25. The van der Waals surface area contributed by atoms with Gasteiger partial charge in [0.2, 0.25) is 0 Å². The van der Waals surface area contributed by atoms with E-state index in [2.05, 4.69) is 29.0 Å². The summed E-state index contributed by atoms with van der Waals surface area (Å²) in [6.07, 6.45) is 4.37. The molecule has 0 N–H and O–H groups in total. The van der Waals surface area contributed by atoms with Gasteiger partial charge >= 0.3 is 0 Å². The van der Waals surface area contributed by atoms with Gasteiger partial charge in [-0.25, -0.2) is 4.98 Å². The molecule has 1 amide bonds. The molecule has 0 bridgehead atoms. The smallest absolute Gasteiger partial charge is 0.254 e. The third-order valence-corrected chi connectivity index (χ3v) is 5.44. The number of benzene rings is 2. The van der Waals surface area contributed by atoms with E-state index in [1.807, 2.05) is 43.0 Å². The van der Waals surface area contributed by atoms with Crippen LogP contribution < -0.4 is 4.74 Å². The van der Waals surface area contributed by atoms with Crippen LogP contribution in [0.3, 0.4) is 0 Å². The number of hydrogen-bond donors (Lipinski definition) is 0. The largest absolute Gasteiger partial charge is 0.497 e. The van der Waals surface area contributed by atoms with E-state index in [1.54, 1.807) is 13.2 Å². The quantitative estimate of drug-likeness (QED) is 0.621. The lowest BCUT2D eigenvalue weighted by Gasteiger charge is -2.27. The molecule has 0 atom stereocenters. The van der Waals surface area contributed by atoms with Crippen LogP contribution in [0.25, 0.3) is 11.3 Å². The second-order valence-corrected chi connectivity index (χ2v) is 7.80. The molecule has 0 saturated heterocycles. The van der Waals surface area contributed by atoms with Crippen molar-refractivity contribution < 1.29 is 9.53 Å².